The first-order chi connectivity index (χ1) is 40.0. The first-order valence-electron chi connectivity index (χ1n) is 37.4. The molecule has 482 valence electrons. The molecule has 0 spiro atoms. The van der Waals surface area contributed by atoms with Crippen LogP contribution in [0.2, 0.25) is 0 Å². The van der Waals surface area contributed by atoms with Crippen molar-refractivity contribution in [1.29, 1.82) is 0 Å². The minimum atomic E-state index is -0.665. The second kappa shape index (κ2) is 71.1. The van der Waals surface area contributed by atoms with Crippen LogP contribution in [0.4, 0.5) is 0 Å². The summed E-state index contributed by atoms with van der Waals surface area (Å²) in [4.78, 5) is 24.7. The van der Waals surface area contributed by atoms with E-state index in [4.69, 9.17) is 4.74 Å². The number of aliphatic hydroxyl groups excluding tert-OH is 2. The summed E-state index contributed by atoms with van der Waals surface area (Å²) in [5.74, 6) is -0.0102. The minimum absolute atomic E-state index is 0.0208. The molecule has 1 amide bonds. The molecule has 0 aliphatic heterocycles. The smallest absolute Gasteiger partial charge is 0.305 e. The van der Waals surface area contributed by atoms with Crippen LogP contribution in [0.5, 0.6) is 0 Å². The monoisotopic (exact) mass is 1140 g/mol. The second-order valence-electron chi connectivity index (χ2n) is 26.0. The molecule has 0 aliphatic carbocycles. The molecule has 0 aromatic rings. The van der Waals surface area contributed by atoms with Gasteiger partial charge in [0.15, 0.2) is 0 Å². The molecule has 0 saturated carbocycles. The lowest BCUT2D eigenvalue weighted by molar-refractivity contribution is -0.143. The van der Waals surface area contributed by atoms with E-state index in [9.17, 15) is 19.8 Å². The van der Waals surface area contributed by atoms with Crippen LogP contribution in [-0.4, -0.2) is 47.4 Å². The number of unbranched alkanes of at least 4 members (excludes halogenated alkanes) is 58. The summed E-state index contributed by atoms with van der Waals surface area (Å²) < 4.78 is 5.51. The Hall–Kier alpha value is -1.40. The molecule has 6 heteroatoms. The van der Waals surface area contributed by atoms with Crippen LogP contribution in [0.15, 0.2) is 12.2 Å². The molecule has 81 heavy (non-hydrogen) atoms. The predicted octanol–water partition coefficient (Wildman–Crippen LogP) is 24.3. The largest absolute Gasteiger partial charge is 0.466 e. The zero-order valence-electron chi connectivity index (χ0n) is 55.3. The first-order valence-corrected chi connectivity index (χ1v) is 37.4. The fraction of sp³-hybridized carbons (Fsp3) is 0.947. The van der Waals surface area contributed by atoms with E-state index in [0.717, 1.165) is 38.5 Å². The lowest BCUT2D eigenvalue weighted by Gasteiger charge is -2.22. The van der Waals surface area contributed by atoms with Crippen molar-refractivity contribution in [3.05, 3.63) is 12.2 Å². The molecule has 0 fully saturated rings. The van der Waals surface area contributed by atoms with Crippen molar-refractivity contribution in [3.63, 3.8) is 0 Å². The van der Waals surface area contributed by atoms with Gasteiger partial charge in [-0.2, -0.15) is 0 Å². The maximum absolute atomic E-state index is 12.5. The van der Waals surface area contributed by atoms with E-state index in [2.05, 4.69) is 31.3 Å². The van der Waals surface area contributed by atoms with Crippen LogP contribution in [0.1, 0.15) is 431 Å². The number of hydrogen-bond donors (Lipinski definition) is 3. The van der Waals surface area contributed by atoms with E-state index in [1.807, 2.05) is 0 Å². The number of esters is 1. The van der Waals surface area contributed by atoms with E-state index >= 15 is 0 Å². The van der Waals surface area contributed by atoms with Crippen molar-refractivity contribution in [1.82, 2.24) is 5.32 Å². The maximum atomic E-state index is 12.5. The number of allylic oxidation sites excluding steroid dienone is 2. The van der Waals surface area contributed by atoms with E-state index in [-0.39, 0.29) is 18.5 Å². The number of carbonyl (C=O) groups is 2. The number of ether oxygens (including phenoxy) is 1. The number of nitrogens with one attached hydrogen (secondary N) is 1. The average molecular weight is 1140 g/mol. The molecule has 0 bridgehead atoms. The normalized spacial score (nSPS) is 12.5. The summed E-state index contributed by atoms with van der Waals surface area (Å²) in [5.41, 5.74) is 0. The SMILES string of the molecule is CCCCCCCCCCCCCCCCCCCCCC(O)C(CO)NC(=O)CCCCCCCCCCCCC/C=C\CCCCCCCCCCCCCCOC(=O)CCCCCCCCCCCCCCCCCCCC. The number of aliphatic hydroxyl groups is 2. The molecule has 0 aliphatic rings. The third-order valence-electron chi connectivity index (χ3n) is 17.8. The zero-order chi connectivity index (χ0) is 58.5. The van der Waals surface area contributed by atoms with Crippen molar-refractivity contribution < 1.29 is 24.5 Å². The number of amides is 1. The van der Waals surface area contributed by atoms with Gasteiger partial charge in [0.1, 0.15) is 0 Å². The Balaban J connectivity index is 3.36. The van der Waals surface area contributed by atoms with Gasteiger partial charge in [-0.25, -0.2) is 0 Å². The molecule has 2 unspecified atom stereocenters. The van der Waals surface area contributed by atoms with Crippen LogP contribution in [0.25, 0.3) is 0 Å². The van der Waals surface area contributed by atoms with Crippen molar-refractivity contribution >= 4 is 11.9 Å². The van der Waals surface area contributed by atoms with Gasteiger partial charge < -0.3 is 20.3 Å². The number of carbonyl (C=O) groups excluding carboxylic acids is 2. The topological polar surface area (TPSA) is 95.9 Å². The predicted molar refractivity (Wildman–Crippen MR) is 357 cm³/mol. The molecular weight excluding hydrogens is 995 g/mol. The highest BCUT2D eigenvalue weighted by Gasteiger charge is 2.20. The Morgan fingerprint density at radius 3 is 0.877 bits per heavy atom. The third-order valence-corrected chi connectivity index (χ3v) is 17.8. The van der Waals surface area contributed by atoms with Crippen molar-refractivity contribution in [3.8, 4) is 0 Å². The molecule has 0 heterocycles. The van der Waals surface area contributed by atoms with Gasteiger partial charge in [0.25, 0.3) is 0 Å². The zero-order valence-corrected chi connectivity index (χ0v) is 55.3. The van der Waals surface area contributed by atoms with Crippen LogP contribution in [0, 0.1) is 0 Å². The van der Waals surface area contributed by atoms with Gasteiger partial charge in [0.05, 0.1) is 25.4 Å². The molecule has 0 radical (unpaired) electrons. The Morgan fingerprint density at radius 2 is 0.580 bits per heavy atom. The van der Waals surface area contributed by atoms with Gasteiger partial charge in [-0.05, 0) is 51.4 Å². The van der Waals surface area contributed by atoms with Crippen molar-refractivity contribution in [2.75, 3.05) is 13.2 Å². The molecule has 0 aromatic carbocycles. The lowest BCUT2D eigenvalue weighted by Crippen LogP contribution is -2.45. The molecule has 0 saturated heterocycles. The van der Waals surface area contributed by atoms with E-state index < -0.39 is 12.1 Å². The molecule has 0 aromatic heterocycles. The first kappa shape index (κ1) is 79.6. The highest BCUT2D eigenvalue weighted by molar-refractivity contribution is 5.76. The second-order valence-corrected chi connectivity index (χ2v) is 26.0. The minimum Gasteiger partial charge on any atom is -0.466 e. The molecule has 6 nitrogen and oxygen atoms in total. The van der Waals surface area contributed by atoms with Gasteiger partial charge >= 0.3 is 5.97 Å². The van der Waals surface area contributed by atoms with Gasteiger partial charge in [0.2, 0.25) is 5.91 Å². The van der Waals surface area contributed by atoms with Gasteiger partial charge in [-0.15, -0.1) is 0 Å². The Morgan fingerprint density at radius 1 is 0.333 bits per heavy atom. The van der Waals surface area contributed by atoms with Crippen molar-refractivity contribution in [2.24, 2.45) is 0 Å². The molecule has 2 atom stereocenters. The van der Waals surface area contributed by atoms with E-state index in [1.54, 1.807) is 0 Å². The van der Waals surface area contributed by atoms with E-state index in [1.165, 1.54) is 360 Å². The molecule has 3 N–H and O–H groups in total. The summed E-state index contributed by atoms with van der Waals surface area (Å²) in [7, 11) is 0. The van der Waals surface area contributed by atoms with Gasteiger partial charge in [0, 0.05) is 12.8 Å². The van der Waals surface area contributed by atoms with Gasteiger partial charge in [-0.1, -0.05) is 379 Å². The maximum Gasteiger partial charge on any atom is 0.305 e. The van der Waals surface area contributed by atoms with Crippen LogP contribution < -0.4 is 5.32 Å². The fourth-order valence-electron chi connectivity index (χ4n) is 12.1. The van der Waals surface area contributed by atoms with Crippen molar-refractivity contribution in [2.45, 2.75) is 443 Å². The lowest BCUT2D eigenvalue weighted by atomic mass is 10.0. The summed E-state index contributed by atoms with van der Waals surface area (Å²) in [6, 6.07) is -0.542. The molecular formula is C75H147NO5. The van der Waals surface area contributed by atoms with Gasteiger partial charge in [-0.3, -0.25) is 9.59 Å². The number of hydrogen-bond acceptors (Lipinski definition) is 5. The highest BCUT2D eigenvalue weighted by Crippen LogP contribution is 2.20. The average Bonchev–Trinajstić information content (AvgIpc) is 3.47. The van der Waals surface area contributed by atoms with E-state index in [0.29, 0.717) is 25.9 Å². The summed E-state index contributed by atoms with van der Waals surface area (Å²) in [6.45, 7) is 5.01. The fourth-order valence-corrected chi connectivity index (χ4v) is 12.1. The summed E-state index contributed by atoms with van der Waals surface area (Å²) in [6.07, 6.45) is 88.5. The highest BCUT2D eigenvalue weighted by atomic mass is 16.5. The quantitative estimate of drug-likeness (QED) is 0.0320. The third kappa shape index (κ3) is 67.6. The summed E-state index contributed by atoms with van der Waals surface area (Å²) in [5, 5.41) is 23.4. The Bertz CT molecular complexity index is 1220. The van der Waals surface area contributed by atoms with Crippen LogP contribution >= 0.6 is 0 Å². The van der Waals surface area contributed by atoms with Crippen LogP contribution in [-0.2, 0) is 14.3 Å². The standard InChI is InChI=1S/C75H147NO5/c1-3-5-7-9-11-13-15-17-19-21-32-35-39-43-47-51-55-59-63-67-73(78)72(71-77)76-74(79)68-64-60-56-52-48-44-40-36-33-30-28-26-24-23-25-27-29-31-34-38-42-46-50-54-58-62-66-70-81-75(80)69-65-61-57-53-49-45-41-37-22-20-18-16-14-12-10-8-6-4-2/h23-24,72-73,77-78H,3-22,25-71H2,1-2H3,(H,76,79)/b24-23-. The Kier molecular flexibility index (Phi) is 69.9. The van der Waals surface area contributed by atoms with Crippen LogP contribution in [0.3, 0.4) is 0 Å². The molecule has 0 rings (SSSR count). The Labute approximate surface area is 508 Å². The summed E-state index contributed by atoms with van der Waals surface area (Å²) >= 11 is 0. The number of rotatable bonds is 71.